The van der Waals surface area contributed by atoms with Crippen LogP contribution in [0.3, 0.4) is 0 Å². The van der Waals surface area contributed by atoms with E-state index in [-0.39, 0.29) is 0 Å². The number of ether oxygens (including phenoxy) is 2. The fraction of sp³-hybridized carbons (Fsp3) is 0.625. The average molecular weight is 313 g/mol. The summed E-state index contributed by atoms with van der Waals surface area (Å²) in [5, 5.41) is 0.679. The number of rotatable bonds is 8. The molecule has 0 unspecified atom stereocenters. The van der Waals surface area contributed by atoms with Gasteiger partial charge in [0, 0.05) is 45.9 Å². The van der Waals surface area contributed by atoms with E-state index in [2.05, 4.69) is 9.80 Å². The average Bonchev–Trinajstić information content (AvgIpc) is 2.51. The fourth-order valence-corrected chi connectivity index (χ4v) is 2.61. The monoisotopic (exact) mass is 312 g/mol. The number of benzene rings is 1. The second kappa shape index (κ2) is 9.26. The minimum Gasteiger partial charge on any atom is -0.491 e. The highest BCUT2D eigenvalue weighted by molar-refractivity contribution is 6.32. The molecule has 1 heterocycles. The second-order valence-electron chi connectivity index (χ2n) is 5.16. The number of halogens is 1. The second-order valence-corrected chi connectivity index (χ2v) is 5.57. The van der Waals surface area contributed by atoms with Gasteiger partial charge in [0.05, 0.1) is 11.6 Å². The van der Waals surface area contributed by atoms with Crippen LogP contribution in [0.4, 0.5) is 0 Å². The largest absolute Gasteiger partial charge is 0.491 e. The highest BCUT2D eigenvalue weighted by Crippen LogP contribution is 2.22. The van der Waals surface area contributed by atoms with E-state index in [1.54, 1.807) is 0 Å². The lowest BCUT2D eigenvalue weighted by Crippen LogP contribution is -2.48. The molecule has 0 N–H and O–H groups in total. The van der Waals surface area contributed by atoms with Gasteiger partial charge in [-0.1, -0.05) is 23.7 Å². The summed E-state index contributed by atoms with van der Waals surface area (Å²) >= 11 is 6.07. The predicted molar refractivity (Wildman–Crippen MR) is 86.3 cm³/mol. The van der Waals surface area contributed by atoms with Crippen LogP contribution in [0.5, 0.6) is 5.75 Å². The molecule has 1 saturated heterocycles. The third-order valence-corrected chi connectivity index (χ3v) is 4.03. The van der Waals surface area contributed by atoms with E-state index < -0.39 is 0 Å². The Labute approximate surface area is 132 Å². The zero-order valence-electron chi connectivity index (χ0n) is 12.8. The maximum Gasteiger partial charge on any atom is 0.137 e. The fourth-order valence-electron chi connectivity index (χ4n) is 2.42. The molecule has 118 valence electrons. The summed E-state index contributed by atoms with van der Waals surface area (Å²) in [6, 6.07) is 7.62. The molecule has 1 aliphatic heterocycles. The summed E-state index contributed by atoms with van der Waals surface area (Å²) in [5.74, 6) is 0.773. The third kappa shape index (κ3) is 5.83. The molecule has 1 aromatic rings. The van der Waals surface area contributed by atoms with Gasteiger partial charge in [0.15, 0.2) is 0 Å². The van der Waals surface area contributed by atoms with E-state index in [1.165, 1.54) is 0 Å². The van der Waals surface area contributed by atoms with Crippen molar-refractivity contribution in [2.45, 2.75) is 6.92 Å². The number of para-hydroxylation sites is 1. The Bertz CT molecular complexity index is 409. The lowest BCUT2D eigenvalue weighted by atomic mass is 10.3. The first-order valence-electron chi connectivity index (χ1n) is 7.69. The highest BCUT2D eigenvalue weighted by atomic mass is 35.5. The van der Waals surface area contributed by atoms with Gasteiger partial charge in [-0.25, -0.2) is 0 Å². The highest BCUT2D eigenvalue weighted by Gasteiger charge is 2.16. The smallest absolute Gasteiger partial charge is 0.137 e. The molecule has 1 aliphatic rings. The molecular formula is C16H25ClN2O2. The van der Waals surface area contributed by atoms with E-state index in [0.29, 0.717) is 11.6 Å². The van der Waals surface area contributed by atoms with Crippen molar-refractivity contribution in [3.05, 3.63) is 29.3 Å². The third-order valence-electron chi connectivity index (χ3n) is 3.72. The number of hydrogen-bond acceptors (Lipinski definition) is 4. The van der Waals surface area contributed by atoms with Crippen LogP contribution >= 0.6 is 11.6 Å². The Morgan fingerprint density at radius 1 is 1.00 bits per heavy atom. The molecule has 0 bridgehead atoms. The van der Waals surface area contributed by atoms with Crippen LogP contribution in [0, 0.1) is 0 Å². The van der Waals surface area contributed by atoms with E-state index in [9.17, 15) is 0 Å². The first kappa shape index (κ1) is 16.6. The standard InChI is InChI=1S/C16H25ClN2O2/c1-2-20-13-11-18-7-9-19(10-8-18)12-14-21-16-6-4-3-5-15(16)17/h3-6H,2,7-14H2,1H3. The van der Waals surface area contributed by atoms with Crippen LogP contribution in [0.15, 0.2) is 24.3 Å². The van der Waals surface area contributed by atoms with Crippen LogP contribution < -0.4 is 4.74 Å². The molecular weight excluding hydrogens is 288 g/mol. The van der Waals surface area contributed by atoms with Crippen molar-refractivity contribution in [2.24, 2.45) is 0 Å². The van der Waals surface area contributed by atoms with Crippen LogP contribution in [0.25, 0.3) is 0 Å². The first-order valence-corrected chi connectivity index (χ1v) is 8.07. The SMILES string of the molecule is CCOCCN1CCN(CCOc2ccccc2Cl)CC1. The molecule has 0 aromatic heterocycles. The van der Waals surface area contributed by atoms with Crippen molar-refractivity contribution in [3.8, 4) is 5.75 Å². The molecule has 4 nitrogen and oxygen atoms in total. The van der Waals surface area contributed by atoms with Crippen molar-refractivity contribution in [3.63, 3.8) is 0 Å². The molecule has 0 saturated carbocycles. The first-order chi connectivity index (χ1) is 10.3. The molecule has 0 radical (unpaired) electrons. The van der Waals surface area contributed by atoms with Gasteiger partial charge in [-0.15, -0.1) is 0 Å². The maximum absolute atomic E-state index is 6.07. The molecule has 0 spiro atoms. The molecule has 0 aliphatic carbocycles. The Morgan fingerprint density at radius 3 is 2.24 bits per heavy atom. The van der Waals surface area contributed by atoms with Gasteiger partial charge in [-0.3, -0.25) is 9.80 Å². The zero-order valence-corrected chi connectivity index (χ0v) is 13.5. The van der Waals surface area contributed by atoms with E-state index >= 15 is 0 Å². The Hall–Kier alpha value is -0.810. The summed E-state index contributed by atoms with van der Waals surface area (Å²) in [6.07, 6.45) is 0. The molecule has 2 rings (SSSR count). The Morgan fingerprint density at radius 2 is 1.62 bits per heavy atom. The topological polar surface area (TPSA) is 24.9 Å². The summed E-state index contributed by atoms with van der Waals surface area (Å²) < 4.78 is 11.1. The summed E-state index contributed by atoms with van der Waals surface area (Å²) in [4.78, 5) is 4.90. The van der Waals surface area contributed by atoms with E-state index in [4.69, 9.17) is 21.1 Å². The van der Waals surface area contributed by atoms with Crippen molar-refractivity contribution in [1.82, 2.24) is 9.80 Å². The van der Waals surface area contributed by atoms with Crippen molar-refractivity contribution >= 4 is 11.6 Å². The van der Waals surface area contributed by atoms with Crippen molar-refractivity contribution < 1.29 is 9.47 Å². The van der Waals surface area contributed by atoms with Gasteiger partial charge in [-0.2, -0.15) is 0 Å². The Balaban J connectivity index is 1.60. The predicted octanol–water partition coefficient (Wildman–Crippen LogP) is 2.37. The summed E-state index contributed by atoms with van der Waals surface area (Å²) in [6.45, 7) is 10.8. The van der Waals surface area contributed by atoms with E-state index in [0.717, 1.165) is 58.2 Å². The molecule has 21 heavy (non-hydrogen) atoms. The minimum atomic E-state index is 0.679. The van der Waals surface area contributed by atoms with Gasteiger partial charge >= 0.3 is 0 Å². The normalized spacial score (nSPS) is 17.0. The van der Waals surface area contributed by atoms with Gasteiger partial charge in [-0.05, 0) is 19.1 Å². The van der Waals surface area contributed by atoms with Gasteiger partial charge in [0.1, 0.15) is 12.4 Å². The Kier molecular flexibility index (Phi) is 7.30. The molecule has 1 fully saturated rings. The van der Waals surface area contributed by atoms with Gasteiger partial charge < -0.3 is 9.47 Å². The van der Waals surface area contributed by atoms with E-state index in [1.807, 2.05) is 31.2 Å². The molecule has 1 aromatic carbocycles. The maximum atomic E-state index is 6.07. The van der Waals surface area contributed by atoms with Crippen LogP contribution in [0.2, 0.25) is 5.02 Å². The zero-order chi connectivity index (χ0) is 14.9. The van der Waals surface area contributed by atoms with Crippen LogP contribution in [0.1, 0.15) is 6.92 Å². The lowest BCUT2D eigenvalue weighted by molar-refractivity contribution is 0.0759. The lowest BCUT2D eigenvalue weighted by Gasteiger charge is -2.34. The van der Waals surface area contributed by atoms with Crippen LogP contribution in [-0.4, -0.2) is 68.9 Å². The van der Waals surface area contributed by atoms with Gasteiger partial charge in [0.2, 0.25) is 0 Å². The van der Waals surface area contributed by atoms with Gasteiger partial charge in [0.25, 0.3) is 0 Å². The quantitative estimate of drug-likeness (QED) is 0.688. The molecule has 5 heteroatoms. The molecule has 0 amide bonds. The van der Waals surface area contributed by atoms with Crippen LogP contribution in [-0.2, 0) is 4.74 Å². The summed E-state index contributed by atoms with van der Waals surface area (Å²) in [5.41, 5.74) is 0. The van der Waals surface area contributed by atoms with Crippen molar-refractivity contribution in [1.29, 1.82) is 0 Å². The van der Waals surface area contributed by atoms with Crippen molar-refractivity contribution in [2.75, 3.05) is 59.1 Å². The number of hydrogen-bond donors (Lipinski definition) is 0. The number of piperazine rings is 1. The number of nitrogens with zero attached hydrogens (tertiary/aromatic N) is 2. The summed E-state index contributed by atoms with van der Waals surface area (Å²) in [7, 11) is 0. The minimum absolute atomic E-state index is 0.679. The molecule has 0 atom stereocenters.